The van der Waals surface area contributed by atoms with E-state index in [1.54, 1.807) is 0 Å². The summed E-state index contributed by atoms with van der Waals surface area (Å²) in [7, 11) is 0. The zero-order valence-electron chi connectivity index (χ0n) is 41.4. The molecule has 0 aromatic heterocycles. The first-order chi connectivity index (χ1) is 31.5. The maximum Gasteiger partial charge on any atom is 0.306 e. The maximum atomic E-state index is 13.2. The Morgan fingerprint density at radius 2 is 0.922 bits per heavy atom. The van der Waals surface area contributed by atoms with E-state index in [1.165, 1.54) is 89.9 Å². The predicted molar refractivity (Wildman–Crippen MR) is 277 cm³/mol. The van der Waals surface area contributed by atoms with Crippen molar-refractivity contribution in [3.8, 4) is 0 Å². The third-order valence-corrected chi connectivity index (χ3v) is 11.2. The second-order valence-electron chi connectivity index (χ2n) is 17.3. The molecular formula is C58H97NO5. The molecule has 64 heavy (non-hydrogen) atoms. The van der Waals surface area contributed by atoms with E-state index in [4.69, 9.17) is 4.74 Å². The van der Waals surface area contributed by atoms with Crippen LogP contribution < -0.4 is 5.32 Å². The Hall–Kier alpha value is -3.48. The van der Waals surface area contributed by atoms with Gasteiger partial charge < -0.3 is 20.3 Å². The van der Waals surface area contributed by atoms with Crippen LogP contribution >= 0.6 is 0 Å². The van der Waals surface area contributed by atoms with Crippen LogP contribution in [-0.4, -0.2) is 46.9 Å². The van der Waals surface area contributed by atoms with Crippen LogP contribution in [0.5, 0.6) is 0 Å². The minimum Gasteiger partial charge on any atom is -0.462 e. The number of esters is 1. The first-order valence-electron chi connectivity index (χ1n) is 26.2. The van der Waals surface area contributed by atoms with E-state index in [-0.39, 0.29) is 24.9 Å². The Labute approximate surface area is 394 Å². The van der Waals surface area contributed by atoms with E-state index in [9.17, 15) is 19.8 Å². The van der Waals surface area contributed by atoms with Gasteiger partial charge >= 0.3 is 5.97 Å². The third kappa shape index (κ3) is 45.1. The van der Waals surface area contributed by atoms with Crippen molar-refractivity contribution in [1.82, 2.24) is 5.32 Å². The normalized spacial score (nSPS) is 14.1. The Kier molecular flexibility index (Phi) is 47.8. The Bertz CT molecular complexity index is 1320. The number of carbonyl (C=O) groups is 2. The summed E-state index contributed by atoms with van der Waals surface area (Å²) in [6.45, 7) is 6.27. The molecule has 0 saturated heterocycles. The minimum absolute atomic E-state index is 0.00907. The third-order valence-electron chi connectivity index (χ3n) is 11.2. The zero-order chi connectivity index (χ0) is 46.7. The van der Waals surface area contributed by atoms with Crippen LogP contribution in [0.15, 0.2) is 109 Å². The van der Waals surface area contributed by atoms with Crippen molar-refractivity contribution in [2.75, 3.05) is 6.61 Å². The van der Waals surface area contributed by atoms with Gasteiger partial charge in [0.2, 0.25) is 5.91 Å². The topological polar surface area (TPSA) is 95.9 Å². The molecule has 3 unspecified atom stereocenters. The molecule has 3 N–H and O–H groups in total. The van der Waals surface area contributed by atoms with Crippen LogP contribution in [0.4, 0.5) is 0 Å². The molecule has 6 nitrogen and oxygen atoms in total. The fraction of sp³-hybridized carbons (Fsp3) is 0.655. The summed E-state index contributed by atoms with van der Waals surface area (Å²) in [4.78, 5) is 26.1. The predicted octanol–water partition coefficient (Wildman–Crippen LogP) is 15.9. The number of carbonyl (C=O) groups excluding carboxylic acids is 2. The van der Waals surface area contributed by atoms with Gasteiger partial charge in [-0.05, 0) is 83.5 Å². The molecular weight excluding hydrogens is 791 g/mol. The lowest BCUT2D eigenvalue weighted by atomic mass is 10.0. The average molecular weight is 888 g/mol. The molecule has 0 aromatic carbocycles. The van der Waals surface area contributed by atoms with Crippen molar-refractivity contribution >= 4 is 11.9 Å². The Morgan fingerprint density at radius 3 is 1.45 bits per heavy atom. The fourth-order valence-corrected chi connectivity index (χ4v) is 7.26. The zero-order valence-corrected chi connectivity index (χ0v) is 41.4. The molecule has 0 aliphatic heterocycles. The van der Waals surface area contributed by atoms with Crippen LogP contribution in [0.1, 0.15) is 220 Å². The van der Waals surface area contributed by atoms with Gasteiger partial charge in [-0.15, -0.1) is 0 Å². The summed E-state index contributed by atoms with van der Waals surface area (Å²) >= 11 is 0. The largest absolute Gasteiger partial charge is 0.462 e. The highest BCUT2D eigenvalue weighted by Gasteiger charge is 2.24. The molecule has 364 valence electrons. The Morgan fingerprint density at radius 1 is 0.484 bits per heavy atom. The van der Waals surface area contributed by atoms with Gasteiger partial charge in [0.25, 0.3) is 0 Å². The maximum absolute atomic E-state index is 13.2. The lowest BCUT2D eigenvalue weighted by Crippen LogP contribution is -2.46. The summed E-state index contributed by atoms with van der Waals surface area (Å²) in [5.74, 6) is -0.592. The quantitative estimate of drug-likeness (QED) is 0.0245. The monoisotopic (exact) mass is 888 g/mol. The Balaban J connectivity index is 4.73. The van der Waals surface area contributed by atoms with E-state index in [0.717, 1.165) is 83.5 Å². The first kappa shape index (κ1) is 60.5. The number of aliphatic hydroxyl groups excluding tert-OH is 2. The SMILES string of the molecule is CC/C=C/C=C/C=C\C=C/C=C/CCCC(CC(=O)NC(CO)C(O)CCCCCCCCCCCCCCC)OC(=O)CCCCC/C=C\C/C=C\C/C=C\C/C=C\CCCCC. The summed E-state index contributed by atoms with van der Waals surface area (Å²) in [5.41, 5.74) is 0. The van der Waals surface area contributed by atoms with Gasteiger partial charge in [0, 0.05) is 6.42 Å². The summed E-state index contributed by atoms with van der Waals surface area (Å²) in [6.07, 6.45) is 68.6. The number of allylic oxidation sites excluding steroid dienone is 18. The van der Waals surface area contributed by atoms with Gasteiger partial charge in [-0.2, -0.15) is 0 Å². The number of hydrogen-bond acceptors (Lipinski definition) is 5. The molecule has 0 saturated carbocycles. The molecule has 0 heterocycles. The van der Waals surface area contributed by atoms with Crippen LogP contribution in [-0.2, 0) is 14.3 Å². The minimum atomic E-state index is -0.819. The van der Waals surface area contributed by atoms with Gasteiger partial charge in [0.05, 0.1) is 25.2 Å². The van der Waals surface area contributed by atoms with Crippen LogP contribution in [0.3, 0.4) is 0 Å². The highest BCUT2D eigenvalue weighted by molar-refractivity contribution is 5.77. The average Bonchev–Trinajstić information content (AvgIpc) is 3.29. The fourth-order valence-electron chi connectivity index (χ4n) is 7.26. The molecule has 6 heteroatoms. The van der Waals surface area contributed by atoms with Gasteiger partial charge in [0.1, 0.15) is 6.10 Å². The van der Waals surface area contributed by atoms with Gasteiger partial charge in [-0.3, -0.25) is 9.59 Å². The highest BCUT2D eigenvalue weighted by atomic mass is 16.5. The number of aliphatic hydroxyl groups is 2. The first-order valence-corrected chi connectivity index (χ1v) is 26.2. The second-order valence-corrected chi connectivity index (χ2v) is 17.3. The number of rotatable bonds is 45. The van der Waals surface area contributed by atoms with E-state index < -0.39 is 18.2 Å². The van der Waals surface area contributed by atoms with Crippen molar-refractivity contribution in [1.29, 1.82) is 0 Å². The lowest BCUT2D eigenvalue weighted by Gasteiger charge is -2.24. The van der Waals surface area contributed by atoms with E-state index >= 15 is 0 Å². The molecule has 0 aromatic rings. The molecule has 0 rings (SSSR count). The van der Waals surface area contributed by atoms with E-state index in [0.29, 0.717) is 19.3 Å². The number of unbranched alkanes of at least 4 members (excludes halogenated alkanes) is 19. The summed E-state index contributed by atoms with van der Waals surface area (Å²) < 4.78 is 5.88. The highest BCUT2D eigenvalue weighted by Crippen LogP contribution is 2.16. The molecule has 0 radical (unpaired) electrons. The molecule has 0 aliphatic carbocycles. The number of hydrogen-bond donors (Lipinski definition) is 3. The van der Waals surface area contributed by atoms with Crippen LogP contribution in [0, 0.1) is 0 Å². The molecule has 3 atom stereocenters. The van der Waals surface area contributed by atoms with Crippen molar-refractivity contribution < 1.29 is 24.5 Å². The standard InChI is InChI=1S/C58H97NO5/c1-4-7-10-13-16-19-22-25-26-27-28-29-30-33-36-39-42-45-48-51-58(63)64-54(49-46-43-40-37-34-31-23-20-17-14-11-8-5-2)52-57(62)59-55(53-60)56(61)50-47-44-41-38-35-32-24-21-18-15-12-9-6-3/h8,11,14,16-17,19-20,23,25-26,28-29,31,33-34,36-37,40,54-56,60-61H,4-7,9-10,12-13,15,18,21-22,24,27,30,32,35,38-39,41-53H2,1-3H3,(H,59,62)/b11-8+,17-14+,19-16-,23-20-,26-25-,29-28-,34-31-,36-33-,40-37+. The van der Waals surface area contributed by atoms with E-state index in [2.05, 4.69) is 86.8 Å². The molecule has 1 amide bonds. The number of amides is 1. The smallest absolute Gasteiger partial charge is 0.306 e. The van der Waals surface area contributed by atoms with Gasteiger partial charge in [0.15, 0.2) is 0 Å². The van der Waals surface area contributed by atoms with Crippen molar-refractivity contribution in [2.45, 2.75) is 238 Å². The molecule has 0 bridgehead atoms. The number of nitrogens with one attached hydrogen (secondary N) is 1. The lowest BCUT2D eigenvalue weighted by molar-refractivity contribution is -0.151. The van der Waals surface area contributed by atoms with Gasteiger partial charge in [-0.1, -0.05) is 233 Å². The van der Waals surface area contributed by atoms with Crippen LogP contribution in [0.2, 0.25) is 0 Å². The van der Waals surface area contributed by atoms with Crippen molar-refractivity contribution in [2.24, 2.45) is 0 Å². The van der Waals surface area contributed by atoms with Crippen molar-refractivity contribution in [3.63, 3.8) is 0 Å². The van der Waals surface area contributed by atoms with Crippen LogP contribution in [0.25, 0.3) is 0 Å². The number of ether oxygens (including phenoxy) is 1. The summed E-state index contributed by atoms with van der Waals surface area (Å²) in [5, 5.41) is 23.7. The van der Waals surface area contributed by atoms with Crippen molar-refractivity contribution in [3.05, 3.63) is 109 Å². The van der Waals surface area contributed by atoms with E-state index in [1.807, 2.05) is 48.6 Å². The second kappa shape index (κ2) is 50.5. The molecule has 0 fully saturated rings. The molecule has 0 spiro atoms. The molecule has 0 aliphatic rings. The summed E-state index contributed by atoms with van der Waals surface area (Å²) in [6, 6.07) is -0.738. The van der Waals surface area contributed by atoms with Gasteiger partial charge in [-0.25, -0.2) is 0 Å².